The molecular formula is C28H33N3O5S. The molecule has 0 unspecified atom stereocenters. The van der Waals surface area contributed by atoms with Gasteiger partial charge in [0.05, 0.1) is 28.7 Å². The highest BCUT2D eigenvalue weighted by molar-refractivity contribution is 7.12. The summed E-state index contributed by atoms with van der Waals surface area (Å²) in [4.78, 5) is 41.9. The summed E-state index contributed by atoms with van der Waals surface area (Å²) in [6.07, 6.45) is 0.834. The number of thiophene rings is 1. The number of nitrogens with two attached hydrogens (primary N) is 1. The smallest absolute Gasteiger partial charge is 0.338 e. The molecule has 196 valence electrons. The Balaban J connectivity index is 2.02. The number of ether oxygens (including phenoxy) is 1. The lowest BCUT2D eigenvalue weighted by molar-refractivity contribution is -0.384. The number of rotatable bonds is 5. The first-order valence-electron chi connectivity index (χ1n) is 12.3. The predicted octanol–water partition coefficient (Wildman–Crippen LogP) is 5.93. The van der Waals surface area contributed by atoms with Crippen LogP contribution in [0.4, 0.5) is 11.4 Å². The second-order valence-electron chi connectivity index (χ2n) is 11.3. The molecule has 8 nitrogen and oxygen atoms in total. The van der Waals surface area contributed by atoms with Crippen molar-refractivity contribution in [1.82, 2.24) is 0 Å². The van der Waals surface area contributed by atoms with Gasteiger partial charge in [0.2, 0.25) is 0 Å². The maximum absolute atomic E-state index is 13.8. The summed E-state index contributed by atoms with van der Waals surface area (Å²) >= 11 is 1.56. The van der Waals surface area contributed by atoms with E-state index in [2.05, 4.69) is 20.8 Å². The molecule has 4 rings (SSSR count). The van der Waals surface area contributed by atoms with E-state index in [1.807, 2.05) is 26.0 Å². The Morgan fingerprint density at radius 2 is 1.95 bits per heavy atom. The Hall–Kier alpha value is -3.46. The predicted molar refractivity (Wildman–Crippen MR) is 144 cm³/mol. The zero-order valence-electron chi connectivity index (χ0n) is 22.1. The summed E-state index contributed by atoms with van der Waals surface area (Å²) in [5.41, 5.74) is 7.98. The average Bonchev–Trinajstić information content (AvgIpc) is 3.28. The van der Waals surface area contributed by atoms with E-state index in [9.17, 15) is 19.7 Å². The Morgan fingerprint density at radius 3 is 2.54 bits per heavy atom. The molecule has 0 spiro atoms. The van der Waals surface area contributed by atoms with Crippen molar-refractivity contribution in [3.63, 3.8) is 0 Å². The van der Waals surface area contributed by atoms with Gasteiger partial charge in [-0.3, -0.25) is 19.8 Å². The third-order valence-electron chi connectivity index (χ3n) is 6.71. The average molecular weight is 524 g/mol. The Labute approximate surface area is 220 Å². The van der Waals surface area contributed by atoms with E-state index in [-0.39, 0.29) is 40.3 Å². The minimum atomic E-state index is -0.673. The summed E-state index contributed by atoms with van der Waals surface area (Å²) < 4.78 is 5.44. The summed E-state index contributed by atoms with van der Waals surface area (Å²) in [5, 5.41) is 11.5. The molecule has 1 aliphatic carbocycles. The van der Waals surface area contributed by atoms with E-state index in [1.165, 1.54) is 12.1 Å². The highest BCUT2D eigenvalue weighted by Gasteiger charge is 2.47. The summed E-state index contributed by atoms with van der Waals surface area (Å²) in [6.45, 7) is 12.2. The molecule has 2 heterocycles. The van der Waals surface area contributed by atoms with Crippen molar-refractivity contribution in [3.05, 3.63) is 78.9 Å². The second-order valence-corrected chi connectivity index (χ2v) is 12.4. The normalized spacial score (nSPS) is 19.7. The number of nitro groups is 1. The number of benzene rings is 1. The topological polar surface area (TPSA) is 116 Å². The maximum atomic E-state index is 13.8. The highest BCUT2D eigenvalue weighted by atomic mass is 32.1. The van der Waals surface area contributed by atoms with Gasteiger partial charge in [0, 0.05) is 39.6 Å². The zero-order valence-corrected chi connectivity index (χ0v) is 22.9. The Bertz CT molecular complexity index is 1350. The minimum Gasteiger partial charge on any atom is -0.463 e. The SMILES string of the molecule is CCOC(=O)C1=C(N)N(c2cccc([N+](=O)[O-])c2)C2=C(C(=O)CC(C)(C)C2)[C@@H]1c1ccc(C(C)(C)C)s1. The molecule has 1 aromatic carbocycles. The third-order valence-corrected chi connectivity index (χ3v) is 8.28. The fraction of sp³-hybridized carbons (Fsp3) is 0.429. The Morgan fingerprint density at radius 1 is 1.24 bits per heavy atom. The second kappa shape index (κ2) is 9.45. The Kier molecular flexibility index (Phi) is 6.79. The van der Waals surface area contributed by atoms with Crippen molar-refractivity contribution in [2.24, 2.45) is 11.1 Å². The number of hydrogen-bond donors (Lipinski definition) is 1. The van der Waals surface area contributed by atoms with Gasteiger partial charge in [-0.1, -0.05) is 40.7 Å². The van der Waals surface area contributed by atoms with Crippen LogP contribution in [0.2, 0.25) is 0 Å². The fourth-order valence-corrected chi connectivity index (χ4v) is 6.24. The first-order chi connectivity index (χ1) is 17.2. The molecule has 0 fully saturated rings. The van der Waals surface area contributed by atoms with Gasteiger partial charge in [0.15, 0.2) is 5.78 Å². The van der Waals surface area contributed by atoms with Gasteiger partial charge in [-0.2, -0.15) is 0 Å². The number of allylic oxidation sites excluding steroid dienone is 2. The quantitative estimate of drug-likeness (QED) is 0.293. The van der Waals surface area contributed by atoms with Crippen LogP contribution in [0, 0.1) is 15.5 Å². The summed E-state index contributed by atoms with van der Waals surface area (Å²) in [6, 6.07) is 10.1. The van der Waals surface area contributed by atoms with E-state index in [0.717, 1.165) is 9.75 Å². The van der Waals surface area contributed by atoms with E-state index < -0.39 is 16.8 Å². The van der Waals surface area contributed by atoms with Crippen molar-refractivity contribution in [2.45, 2.75) is 65.7 Å². The molecular weight excluding hydrogens is 490 g/mol. The summed E-state index contributed by atoms with van der Waals surface area (Å²) in [5.74, 6) is -1.21. The molecule has 37 heavy (non-hydrogen) atoms. The molecule has 0 saturated carbocycles. The number of anilines is 1. The first-order valence-corrected chi connectivity index (χ1v) is 13.1. The van der Waals surface area contributed by atoms with E-state index in [4.69, 9.17) is 10.5 Å². The number of ketones is 1. The number of nitro benzene ring substituents is 1. The standard InChI is InChI=1S/C28H33N3O5S/c1-7-36-26(33)24-23(20-11-12-21(37-20)27(2,3)4)22-18(14-28(5,6)15-19(22)32)30(25(24)29)16-9-8-10-17(13-16)31(34)35/h8-13,23H,7,14-15,29H2,1-6H3/t23-/m0/s1. The van der Waals surface area contributed by atoms with Crippen molar-refractivity contribution in [1.29, 1.82) is 0 Å². The highest BCUT2D eigenvalue weighted by Crippen LogP contribution is 2.52. The monoisotopic (exact) mass is 523 g/mol. The number of non-ortho nitro benzene ring substituents is 1. The van der Waals surface area contributed by atoms with E-state index in [0.29, 0.717) is 29.8 Å². The lowest BCUT2D eigenvalue weighted by atomic mass is 9.69. The molecule has 2 aliphatic rings. The first kappa shape index (κ1) is 26.6. The molecule has 2 N–H and O–H groups in total. The van der Waals surface area contributed by atoms with Crippen molar-refractivity contribution >= 4 is 34.5 Å². The van der Waals surface area contributed by atoms with Crippen LogP contribution in [-0.4, -0.2) is 23.3 Å². The molecule has 0 amide bonds. The maximum Gasteiger partial charge on any atom is 0.338 e. The van der Waals surface area contributed by atoms with Gasteiger partial charge in [0.25, 0.3) is 5.69 Å². The van der Waals surface area contributed by atoms with Crippen LogP contribution in [0.5, 0.6) is 0 Å². The van der Waals surface area contributed by atoms with Crippen LogP contribution in [0.25, 0.3) is 0 Å². The number of esters is 1. The number of hydrogen-bond acceptors (Lipinski definition) is 8. The van der Waals surface area contributed by atoms with Crippen LogP contribution in [0.1, 0.15) is 70.1 Å². The molecule has 9 heteroatoms. The molecule has 0 saturated heterocycles. The molecule has 2 aromatic rings. The fourth-order valence-electron chi connectivity index (χ4n) is 5.05. The zero-order chi connectivity index (χ0) is 27.3. The van der Waals surface area contributed by atoms with Crippen LogP contribution in [0.3, 0.4) is 0 Å². The van der Waals surface area contributed by atoms with Crippen LogP contribution in [0.15, 0.2) is 59.1 Å². The van der Waals surface area contributed by atoms with Gasteiger partial charge in [0.1, 0.15) is 5.82 Å². The van der Waals surface area contributed by atoms with Crippen molar-refractivity contribution in [2.75, 3.05) is 11.5 Å². The number of carbonyl (C=O) groups is 2. The molecule has 1 aromatic heterocycles. The van der Waals surface area contributed by atoms with Gasteiger partial charge >= 0.3 is 5.97 Å². The molecule has 1 atom stereocenters. The van der Waals surface area contributed by atoms with E-state index >= 15 is 0 Å². The third kappa shape index (κ3) is 4.92. The lowest BCUT2D eigenvalue weighted by Gasteiger charge is -2.44. The summed E-state index contributed by atoms with van der Waals surface area (Å²) in [7, 11) is 0. The number of carbonyl (C=O) groups excluding carboxylic acids is 2. The molecule has 0 radical (unpaired) electrons. The largest absolute Gasteiger partial charge is 0.463 e. The molecule has 0 bridgehead atoms. The van der Waals surface area contributed by atoms with Gasteiger partial charge in [-0.15, -0.1) is 11.3 Å². The van der Waals surface area contributed by atoms with E-state index in [1.54, 1.807) is 35.3 Å². The molecule has 1 aliphatic heterocycles. The number of nitrogens with zero attached hydrogens (tertiary/aromatic N) is 2. The van der Waals surface area contributed by atoms with Gasteiger partial charge in [-0.05, 0) is 42.4 Å². The lowest BCUT2D eigenvalue weighted by Crippen LogP contribution is -2.43. The van der Waals surface area contributed by atoms with Crippen molar-refractivity contribution < 1.29 is 19.2 Å². The van der Waals surface area contributed by atoms with Crippen LogP contribution < -0.4 is 10.6 Å². The van der Waals surface area contributed by atoms with Crippen molar-refractivity contribution in [3.8, 4) is 0 Å². The van der Waals surface area contributed by atoms with Gasteiger partial charge in [-0.25, -0.2) is 4.79 Å². The number of Topliss-reactive ketones (excluding diaryl/α,β-unsaturated/α-hetero) is 1. The van der Waals surface area contributed by atoms with Crippen LogP contribution >= 0.6 is 11.3 Å². The van der Waals surface area contributed by atoms with Crippen LogP contribution in [-0.2, 0) is 19.7 Å². The van der Waals surface area contributed by atoms with Gasteiger partial charge < -0.3 is 10.5 Å². The minimum absolute atomic E-state index is 0.0633.